The third-order valence-corrected chi connectivity index (χ3v) is 3.35. The Morgan fingerprint density at radius 2 is 2.14 bits per heavy atom. The summed E-state index contributed by atoms with van der Waals surface area (Å²) in [6, 6.07) is 6.50. The summed E-state index contributed by atoms with van der Waals surface area (Å²) in [4.78, 5) is -0.0762. The van der Waals surface area contributed by atoms with Gasteiger partial charge < -0.3 is 0 Å². The first kappa shape index (κ1) is 10.7. The molecule has 0 aliphatic heterocycles. The Balaban J connectivity index is 3.00. The van der Waals surface area contributed by atoms with Crippen LogP contribution in [-0.4, -0.2) is 14.2 Å². The SMILES string of the molecule is N#CCCS(=O)(=O)c1cccc(F)c1. The number of nitrogens with zero attached hydrogens (tertiary/aromatic N) is 1. The molecule has 5 heteroatoms. The van der Waals surface area contributed by atoms with Gasteiger partial charge in [0, 0.05) is 6.42 Å². The third kappa shape index (κ3) is 2.54. The average Bonchev–Trinajstić information content (AvgIpc) is 2.15. The maximum Gasteiger partial charge on any atom is 0.179 e. The molecule has 0 bridgehead atoms. The first-order chi connectivity index (χ1) is 6.56. The highest BCUT2D eigenvalue weighted by molar-refractivity contribution is 7.91. The van der Waals surface area contributed by atoms with Crippen molar-refractivity contribution in [3.05, 3.63) is 30.1 Å². The smallest absolute Gasteiger partial charge is 0.179 e. The minimum Gasteiger partial charge on any atom is -0.224 e. The van der Waals surface area contributed by atoms with Gasteiger partial charge in [-0.05, 0) is 18.2 Å². The number of halogens is 1. The molecular formula is C9H8FNO2S. The summed E-state index contributed by atoms with van der Waals surface area (Å²) < 4.78 is 35.5. The van der Waals surface area contributed by atoms with Crippen molar-refractivity contribution < 1.29 is 12.8 Å². The Labute approximate surface area is 81.7 Å². The monoisotopic (exact) mass is 213 g/mol. The molecule has 74 valence electrons. The zero-order valence-corrected chi connectivity index (χ0v) is 8.09. The van der Waals surface area contributed by atoms with Crippen molar-refractivity contribution in [1.82, 2.24) is 0 Å². The molecule has 14 heavy (non-hydrogen) atoms. The van der Waals surface area contributed by atoms with Crippen molar-refractivity contribution in [3.63, 3.8) is 0 Å². The van der Waals surface area contributed by atoms with Gasteiger partial charge in [0.15, 0.2) is 9.84 Å². The van der Waals surface area contributed by atoms with E-state index in [1.807, 2.05) is 0 Å². The molecule has 0 saturated heterocycles. The van der Waals surface area contributed by atoms with Crippen LogP contribution in [0.1, 0.15) is 6.42 Å². The molecule has 0 N–H and O–H groups in total. The zero-order chi connectivity index (χ0) is 10.6. The van der Waals surface area contributed by atoms with Crippen LogP contribution in [0.5, 0.6) is 0 Å². The van der Waals surface area contributed by atoms with E-state index in [1.165, 1.54) is 18.2 Å². The second-order valence-electron chi connectivity index (χ2n) is 2.68. The Morgan fingerprint density at radius 1 is 1.43 bits per heavy atom. The Kier molecular flexibility index (Phi) is 3.20. The second kappa shape index (κ2) is 4.20. The van der Waals surface area contributed by atoms with Crippen LogP contribution < -0.4 is 0 Å². The van der Waals surface area contributed by atoms with Gasteiger partial charge in [-0.3, -0.25) is 0 Å². The fourth-order valence-corrected chi connectivity index (χ4v) is 2.13. The number of nitriles is 1. The van der Waals surface area contributed by atoms with Crippen LogP contribution >= 0.6 is 0 Å². The van der Waals surface area contributed by atoms with Crippen LogP contribution in [0.2, 0.25) is 0 Å². The van der Waals surface area contributed by atoms with Crippen LogP contribution in [0.4, 0.5) is 4.39 Å². The van der Waals surface area contributed by atoms with E-state index in [9.17, 15) is 12.8 Å². The fraction of sp³-hybridized carbons (Fsp3) is 0.222. The molecule has 1 aromatic carbocycles. The minimum atomic E-state index is -3.51. The van der Waals surface area contributed by atoms with E-state index in [1.54, 1.807) is 6.07 Å². The summed E-state index contributed by atoms with van der Waals surface area (Å²) in [5.41, 5.74) is 0. The van der Waals surface area contributed by atoms with E-state index in [-0.39, 0.29) is 17.1 Å². The van der Waals surface area contributed by atoms with Crippen LogP contribution in [0.15, 0.2) is 29.2 Å². The molecule has 3 nitrogen and oxygen atoms in total. The lowest BCUT2D eigenvalue weighted by atomic mass is 10.4. The van der Waals surface area contributed by atoms with E-state index in [0.29, 0.717) is 0 Å². The zero-order valence-electron chi connectivity index (χ0n) is 7.27. The Hall–Kier alpha value is -1.41. The van der Waals surface area contributed by atoms with Gasteiger partial charge in [-0.1, -0.05) is 6.07 Å². The largest absolute Gasteiger partial charge is 0.224 e. The summed E-state index contributed by atoms with van der Waals surface area (Å²) in [5.74, 6) is -0.865. The van der Waals surface area contributed by atoms with Gasteiger partial charge in [0.1, 0.15) is 5.82 Å². The van der Waals surface area contributed by atoms with Crippen molar-refractivity contribution in [2.45, 2.75) is 11.3 Å². The maximum absolute atomic E-state index is 12.7. The van der Waals surface area contributed by atoms with Crippen LogP contribution in [0, 0.1) is 17.1 Å². The number of sulfone groups is 1. The van der Waals surface area contributed by atoms with Crippen molar-refractivity contribution in [3.8, 4) is 6.07 Å². The standard InChI is InChI=1S/C9H8FNO2S/c10-8-3-1-4-9(7-8)14(12,13)6-2-5-11/h1,3-4,7H,2,6H2. The molecule has 1 rings (SSSR count). The minimum absolute atomic E-state index is 0.0762. The van der Waals surface area contributed by atoms with Gasteiger partial charge in [0.2, 0.25) is 0 Å². The Morgan fingerprint density at radius 3 is 2.71 bits per heavy atom. The van der Waals surface area contributed by atoms with Crippen LogP contribution in [-0.2, 0) is 9.84 Å². The van der Waals surface area contributed by atoms with Gasteiger partial charge in [-0.15, -0.1) is 0 Å². The second-order valence-corrected chi connectivity index (χ2v) is 4.79. The number of benzene rings is 1. The van der Waals surface area contributed by atoms with Crippen molar-refractivity contribution in [2.24, 2.45) is 0 Å². The molecule has 0 saturated carbocycles. The number of rotatable bonds is 3. The summed E-state index contributed by atoms with van der Waals surface area (Å²) in [7, 11) is -3.51. The molecule has 1 aromatic rings. The predicted octanol–water partition coefficient (Wildman–Crippen LogP) is 1.51. The quantitative estimate of drug-likeness (QED) is 0.764. The highest BCUT2D eigenvalue weighted by Gasteiger charge is 2.13. The molecule has 0 aromatic heterocycles. The highest BCUT2D eigenvalue weighted by Crippen LogP contribution is 2.12. The van der Waals surface area contributed by atoms with Gasteiger partial charge in [-0.25, -0.2) is 12.8 Å². The van der Waals surface area contributed by atoms with Gasteiger partial charge in [-0.2, -0.15) is 5.26 Å². The first-order valence-corrected chi connectivity index (χ1v) is 5.57. The molecule has 0 radical (unpaired) electrons. The van der Waals surface area contributed by atoms with Gasteiger partial charge in [0.05, 0.1) is 16.7 Å². The molecule has 0 aliphatic rings. The van der Waals surface area contributed by atoms with E-state index in [4.69, 9.17) is 5.26 Å². The van der Waals surface area contributed by atoms with E-state index in [2.05, 4.69) is 0 Å². The van der Waals surface area contributed by atoms with Crippen LogP contribution in [0.3, 0.4) is 0 Å². The van der Waals surface area contributed by atoms with Crippen LogP contribution in [0.25, 0.3) is 0 Å². The first-order valence-electron chi connectivity index (χ1n) is 3.91. The molecule has 0 atom stereocenters. The molecule has 0 fully saturated rings. The lowest BCUT2D eigenvalue weighted by Gasteiger charge is -2.00. The normalized spacial score (nSPS) is 10.9. The Bertz CT molecular complexity index is 462. The lowest BCUT2D eigenvalue weighted by molar-refractivity contribution is 0.590. The summed E-state index contributed by atoms with van der Waals surface area (Å²) in [6.07, 6.45) is -0.0845. The highest BCUT2D eigenvalue weighted by atomic mass is 32.2. The summed E-state index contributed by atoms with van der Waals surface area (Å²) in [5, 5.41) is 8.24. The summed E-state index contributed by atoms with van der Waals surface area (Å²) >= 11 is 0. The predicted molar refractivity (Wildman–Crippen MR) is 48.7 cm³/mol. The number of hydrogen-bond donors (Lipinski definition) is 0. The van der Waals surface area contributed by atoms with Crippen molar-refractivity contribution in [1.29, 1.82) is 5.26 Å². The molecule has 0 amide bonds. The topological polar surface area (TPSA) is 57.9 Å². The molecule has 0 unspecified atom stereocenters. The summed E-state index contributed by atoms with van der Waals surface area (Å²) in [6.45, 7) is 0. The van der Waals surface area contributed by atoms with Crippen molar-refractivity contribution in [2.75, 3.05) is 5.75 Å². The number of hydrogen-bond acceptors (Lipinski definition) is 3. The molecule has 0 spiro atoms. The molecule has 0 heterocycles. The van der Waals surface area contributed by atoms with Crippen molar-refractivity contribution >= 4 is 9.84 Å². The molecular weight excluding hydrogens is 205 g/mol. The molecule has 0 aliphatic carbocycles. The lowest BCUT2D eigenvalue weighted by Crippen LogP contribution is -2.06. The van der Waals surface area contributed by atoms with E-state index in [0.717, 1.165) is 6.07 Å². The maximum atomic E-state index is 12.7. The van der Waals surface area contributed by atoms with Gasteiger partial charge >= 0.3 is 0 Å². The van der Waals surface area contributed by atoms with E-state index >= 15 is 0 Å². The average molecular weight is 213 g/mol. The third-order valence-electron chi connectivity index (χ3n) is 1.64. The van der Waals surface area contributed by atoms with E-state index < -0.39 is 15.7 Å². The fourth-order valence-electron chi connectivity index (χ4n) is 0.958. The van der Waals surface area contributed by atoms with Gasteiger partial charge in [0.25, 0.3) is 0 Å².